The highest BCUT2D eigenvalue weighted by atomic mass is 16.2. The van der Waals surface area contributed by atoms with Gasteiger partial charge in [0.1, 0.15) is 0 Å². The van der Waals surface area contributed by atoms with Gasteiger partial charge in [0.25, 0.3) is 0 Å². The Morgan fingerprint density at radius 3 is 2.29 bits per heavy atom. The van der Waals surface area contributed by atoms with Gasteiger partial charge in [-0.25, -0.2) is 0 Å². The lowest BCUT2D eigenvalue weighted by Gasteiger charge is -2.14. The van der Waals surface area contributed by atoms with Crippen molar-refractivity contribution in [2.24, 2.45) is 0 Å². The van der Waals surface area contributed by atoms with Gasteiger partial charge < -0.3 is 10.4 Å². The van der Waals surface area contributed by atoms with Crippen molar-refractivity contribution in [2.75, 3.05) is 13.2 Å². The number of benzene rings is 1. The standard InChI is InChI=1S/C18H24N2O/c1-15(20-11-3-2-4-14-21)16-5-7-17(8-6-16)18-9-12-19-13-10-18/h5-10,12-13,15,20-21H,2-4,11,14H2,1H3. The van der Waals surface area contributed by atoms with Crippen LogP contribution in [0.15, 0.2) is 48.8 Å². The number of rotatable bonds is 8. The number of hydrogen-bond acceptors (Lipinski definition) is 3. The molecule has 1 atom stereocenters. The number of nitrogens with one attached hydrogen (secondary N) is 1. The van der Waals surface area contributed by atoms with E-state index in [1.54, 1.807) is 0 Å². The molecule has 0 aliphatic rings. The Labute approximate surface area is 127 Å². The molecule has 1 heterocycles. The maximum Gasteiger partial charge on any atom is 0.0431 e. The fourth-order valence-corrected chi connectivity index (χ4v) is 2.36. The van der Waals surface area contributed by atoms with Crippen LogP contribution < -0.4 is 5.32 Å². The Morgan fingerprint density at radius 1 is 0.952 bits per heavy atom. The van der Waals surface area contributed by atoms with E-state index in [1.807, 2.05) is 24.5 Å². The van der Waals surface area contributed by atoms with E-state index in [2.05, 4.69) is 41.5 Å². The molecule has 2 rings (SSSR count). The van der Waals surface area contributed by atoms with Crippen molar-refractivity contribution in [3.05, 3.63) is 54.4 Å². The fraction of sp³-hybridized carbons (Fsp3) is 0.389. The minimum Gasteiger partial charge on any atom is -0.396 e. The first-order valence-electron chi connectivity index (χ1n) is 7.66. The number of pyridine rings is 1. The van der Waals surface area contributed by atoms with Crippen LogP contribution in [-0.2, 0) is 0 Å². The summed E-state index contributed by atoms with van der Waals surface area (Å²) in [6.07, 6.45) is 6.73. The van der Waals surface area contributed by atoms with Gasteiger partial charge in [-0.15, -0.1) is 0 Å². The normalized spacial score (nSPS) is 12.3. The summed E-state index contributed by atoms with van der Waals surface area (Å²) in [6.45, 7) is 3.48. The summed E-state index contributed by atoms with van der Waals surface area (Å²) in [5.41, 5.74) is 3.72. The van der Waals surface area contributed by atoms with Crippen LogP contribution in [0.5, 0.6) is 0 Å². The summed E-state index contributed by atoms with van der Waals surface area (Å²) in [7, 11) is 0. The predicted molar refractivity (Wildman–Crippen MR) is 87.0 cm³/mol. The van der Waals surface area contributed by atoms with E-state index in [0.717, 1.165) is 25.8 Å². The lowest BCUT2D eigenvalue weighted by atomic mass is 10.0. The molecular weight excluding hydrogens is 260 g/mol. The molecule has 2 aromatic rings. The van der Waals surface area contributed by atoms with E-state index in [1.165, 1.54) is 16.7 Å². The molecule has 1 aromatic carbocycles. The number of unbranched alkanes of at least 4 members (excludes halogenated alkanes) is 2. The third-order valence-corrected chi connectivity index (χ3v) is 3.71. The summed E-state index contributed by atoms with van der Waals surface area (Å²) < 4.78 is 0. The van der Waals surface area contributed by atoms with Gasteiger partial charge in [-0.05, 0) is 61.6 Å². The number of nitrogens with zero attached hydrogens (tertiary/aromatic N) is 1. The van der Waals surface area contributed by atoms with Crippen LogP contribution in [-0.4, -0.2) is 23.2 Å². The van der Waals surface area contributed by atoms with Crippen molar-refractivity contribution >= 4 is 0 Å². The minimum atomic E-state index is 0.298. The molecule has 1 aromatic heterocycles. The molecule has 0 fully saturated rings. The third kappa shape index (κ3) is 4.96. The summed E-state index contributed by atoms with van der Waals surface area (Å²) in [5.74, 6) is 0. The average Bonchev–Trinajstić information content (AvgIpc) is 2.55. The molecule has 0 saturated heterocycles. The van der Waals surface area contributed by atoms with Gasteiger partial charge in [-0.3, -0.25) is 4.98 Å². The molecule has 1 unspecified atom stereocenters. The van der Waals surface area contributed by atoms with Crippen LogP contribution in [0.2, 0.25) is 0 Å². The van der Waals surface area contributed by atoms with E-state index in [4.69, 9.17) is 5.11 Å². The van der Waals surface area contributed by atoms with Crippen LogP contribution in [0.4, 0.5) is 0 Å². The first-order chi connectivity index (χ1) is 10.3. The molecule has 3 heteroatoms. The average molecular weight is 284 g/mol. The van der Waals surface area contributed by atoms with Crippen molar-refractivity contribution in [1.29, 1.82) is 0 Å². The Balaban J connectivity index is 1.87. The molecule has 3 nitrogen and oxygen atoms in total. The van der Waals surface area contributed by atoms with Crippen LogP contribution in [0.3, 0.4) is 0 Å². The van der Waals surface area contributed by atoms with Gasteiger partial charge >= 0.3 is 0 Å². The minimum absolute atomic E-state index is 0.298. The maximum absolute atomic E-state index is 8.75. The van der Waals surface area contributed by atoms with Gasteiger partial charge in [-0.2, -0.15) is 0 Å². The zero-order valence-electron chi connectivity index (χ0n) is 12.6. The van der Waals surface area contributed by atoms with Crippen LogP contribution >= 0.6 is 0 Å². The molecule has 0 amide bonds. The zero-order valence-corrected chi connectivity index (χ0v) is 12.6. The van der Waals surface area contributed by atoms with Crippen molar-refractivity contribution < 1.29 is 5.11 Å². The molecule has 21 heavy (non-hydrogen) atoms. The van der Waals surface area contributed by atoms with Gasteiger partial charge in [-0.1, -0.05) is 24.3 Å². The second kappa shape index (κ2) is 8.55. The first kappa shape index (κ1) is 15.7. The Bertz CT molecular complexity index is 511. The quantitative estimate of drug-likeness (QED) is 0.729. The largest absolute Gasteiger partial charge is 0.396 e. The first-order valence-corrected chi connectivity index (χ1v) is 7.66. The number of aliphatic hydroxyl groups is 1. The summed E-state index contributed by atoms with van der Waals surface area (Å²) in [6, 6.07) is 13.1. The lowest BCUT2D eigenvalue weighted by Crippen LogP contribution is -2.19. The molecule has 0 spiro atoms. The number of hydrogen-bond donors (Lipinski definition) is 2. The van der Waals surface area contributed by atoms with Crippen LogP contribution in [0, 0.1) is 0 Å². The van der Waals surface area contributed by atoms with Gasteiger partial charge in [0.15, 0.2) is 0 Å². The van der Waals surface area contributed by atoms with Crippen LogP contribution in [0.1, 0.15) is 37.8 Å². The van der Waals surface area contributed by atoms with Crippen molar-refractivity contribution in [3.63, 3.8) is 0 Å². The summed E-state index contributed by atoms with van der Waals surface area (Å²) in [4.78, 5) is 4.05. The van der Waals surface area contributed by atoms with E-state index in [0.29, 0.717) is 12.6 Å². The van der Waals surface area contributed by atoms with Crippen molar-refractivity contribution in [1.82, 2.24) is 10.3 Å². The van der Waals surface area contributed by atoms with Gasteiger partial charge in [0.2, 0.25) is 0 Å². The molecule has 2 N–H and O–H groups in total. The lowest BCUT2D eigenvalue weighted by molar-refractivity contribution is 0.282. The molecule has 0 aliphatic carbocycles. The molecular formula is C18H24N2O. The highest BCUT2D eigenvalue weighted by Crippen LogP contribution is 2.21. The molecule has 112 valence electrons. The second-order valence-corrected chi connectivity index (χ2v) is 5.32. The van der Waals surface area contributed by atoms with Gasteiger partial charge in [0, 0.05) is 25.0 Å². The number of aliphatic hydroxyl groups excluding tert-OH is 1. The third-order valence-electron chi connectivity index (χ3n) is 3.71. The summed E-state index contributed by atoms with van der Waals surface area (Å²) >= 11 is 0. The van der Waals surface area contributed by atoms with E-state index >= 15 is 0 Å². The van der Waals surface area contributed by atoms with Crippen molar-refractivity contribution in [3.8, 4) is 11.1 Å². The molecule has 0 aliphatic heterocycles. The van der Waals surface area contributed by atoms with E-state index in [-0.39, 0.29) is 0 Å². The van der Waals surface area contributed by atoms with Crippen LogP contribution in [0.25, 0.3) is 11.1 Å². The monoisotopic (exact) mass is 284 g/mol. The predicted octanol–water partition coefficient (Wildman–Crippen LogP) is 3.56. The summed E-state index contributed by atoms with van der Waals surface area (Å²) in [5, 5.41) is 12.3. The van der Waals surface area contributed by atoms with E-state index in [9.17, 15) is 0 Å². The Hall–Kier alpha value is -1.71. The molecule has 0 saturated carbocycles. The van der Waals surface area contributed by atoms with E-state index < -0.39 is 0 Å². The second-order valence-electron chi connectivity index (χ2n) is 5.32. The molecule has 0 bridgehead atoms. The smallest absolute Gasteiger partial charge is 0.0431 e. The Kier molecular flexibility index (Phi) is 6.38. The Morgan fingerprint density at radius 2 is 1.62 bits per heavy atom. The highest BCUT2D eigenvalue weighted by molar-refractivity contribution is 5.62. The molecule has 0 radical (unpaired) electrons. The number of aromatic nitrogens is 1. The SMILES string of the molecule is CC(NCCCCCO)c1ccc(-c2ccncc2)cc1. The zero-order chi connectivity index (χ0) is 14.9. The fourth-order valence-electron chi connectivity index (χ4n) is 2.36. The van der Waals surface area contributed by atoms with Gasteiger partial charge in [0.05, 0.1) is 0 Å². The maximum atomic E-state index is 8.75. The topological polar surface area (TPSA) is 45.1 Å². The van der Waals surface area contributed by atoms with Crippen molar-refractivity contribution in [2.45, 2.75) is 32.2 Å². The highest BCUT2D eigenvalue weighted by Gasteiger charge is 2.04.